The van der Waals surface area contributed by atoms with Gasteiger partial charge in [-0.15, -0.1) is 0 Å². The molecule has 2 aromatic heterocycles. The number of aromatic nitrogens is 4. The zero-order valence-electron chi connectivity index (χ0n) is 16.3. The third kappa shape index (κ3) is 3.22. The SMILES string of the molecule is CN(Cc1cc(Cl)c(C(C)(C)C)c2c(F)[nH]nc12)c1cc(Cl)c(F)c2[nH]ncc12. The van der Waals surface area contributed by atoms with Crippen molar-refractivity contribution in [3.8, 4) is 0 Å². The molecule has 0 spiro atoms. The molecule has 0 atom stereocenters. The van der Waals surface area contributed by atoms with Crippen molar-refractivity contribution in [3.05, 3.63) is 51.3 Å². The van der Waals surface area contributed by atoms with Gasteiger partial charge in [0.25, 0.3) is 0 Å². The Kier molecular flexibility index (Phi) is 4.70. The molecular formula is C20H19Cl2F2N5. The quantitative estimate of drug-likeness (QED) is 0.415. The summed E-state index contributed by atoms with van der Waals surface area (Å²) in [6, 6.07) is 3.35. The Morgan fingerprint density at radius 3 is 2.52 bits per heavy atom. The second kappa shape index (κ2) is 6.85. The first kappa shape index (κ1) is 19.9. The Bertz CT molecular complexity index is 1240. The molecule has 0 bridgehead atoms. The monoisotopic (exact) mass is 437 g/mol. The molecule has 9 heteroatoms. The number of halogens is 4. The predicted octanol–water partition coefficient (Wildman–Crippen LogP) is 5.96. The number of anilines is 1. The maximum absolute atomic E-state index is 14.6. The summed E-state index contributed by atoms with van der Waals surface area (Å²) in [5, 5.41) is 14.6. The van der Waals surface area contributed by atoms with E-state index in [2.05, 4.69) is 20.4 Å². The van der Waals surface area contributed by atoms with E-state index in [0.717, 1.165) is 5.56 Å². The van der Waals surface area contributed by atoms with Gasteiger partial charge in [0.15, 0.2) is 5.82 Å². The fourth-order valence-corrected chi connectivity index (χ4v) is 4.44. The molecule has 0 aliphatic heterocycles. The van der Waals surface area contributed by atoms with Gasteiger partial charge in [0.2, 0.25) is 5.95 Å². The van der Waals surface area contributed by atoms with E-state index in [0.29, 0.717) is 39.1 Å². The lowest BCUT2D eigenvalue weighted by atomic mass is 9.84. The van der Waals surface area contributed by atoms with E-state index in [1.165, 1.54) is 0 Å². The van der Waals surface area contributed by atoms with Crippen LogP contribution in [0.2, 0.25) is 10.0 Å². The van der Waals surface area contributed by atoms with Gasteiger partial charge in [-0.25, -0.2) is 4.39 Å². The van der Waals surface area contributed by atoms with Crippen LogP contribution in [0.4, 0.5) is 14.5 Å². The molecule has 0 saturated heterocycles. The smallest absolute Gasteiger partial charge is 0.217 e. The molecule has 2 N–H and O–H groups in total. The van der Waals surface area contributed by atoms with E-state index >= 15 is 0 Å². The molecule has 0 aliphatic rings. The zero-order valence-corrected chi connectivity index (χ0v) is 17.8. The van der Waals surface area contributed by atoms with Gasteiger partial charge in [-0.3, -0.25) is 10.2 Å². The maximum Gasteiger partial charge on any atom is 0.217 e. The molecule has 2 aromatic carbocycles. The summed E-state index contributed by atoms with van der Waals surface area (Å²) in [6.45, 7) is 6.28. The van der Waals surface area contributed by atoms with Crippen molar-refractivity contribution in [1.82, 2.24) is 20.4 Å². The van der Waals surface area contributed by atoms with E-state index in [1.54, 1.807) is 18.3 Å². The number of benzene rings is 2. The van der Waals surface area contributed by atoms with Gasteiger partial charge in [-0.1, -0.05) is 44.0 Å². The summed E-state index contributed by atoms with van der Waals surface area (Å²) >= 11 is 12.6. The molecule has 0 radical (unpaired) electrons. The standard InChI is InChI=1S/C20H19Cl2F2N5/c1-20(2,3)15-11(21)5-9(17-14(15)19(24)28-27-17)8-29(4)13-6-12(22)16(23)18-10(13)7-25-26-18/h5-7H,8H2,1-4H3,(H,25,26)(H,27,28). The molecule has 0 aliphatic carbocycles. The number of nitrogens with one attached hydrogen (secondary N) is 2. The number of rotatable bonds is 3. The van der Waals surface area contributed by atoms with Crippen molar-refractivity contribution >= 4 is 50.7 Å². The fourth-order valence-electron chi connectivity index (χ4n) is 3.73. The third-order valence-electron chi connectivity index (χ3n) is 4.99. The summed E-state index contributed by atoms with van der Waals surface area (Å²) in [5.41, 5.74) is 2.50. The van der Waals surface area contributed by atoms with Crippen molar-refractivity contribution in [2.75, 3.05) is 11.9 Å². The first-order valence-corrected chi connectivity index (χ1v) is 9.72. The van der Waals surface area contributed by atoms with Crippen LogP contribution in [0.5, 0.6) is 0 Å². The van der Waals surface area contributed by atoms with Crippen LogP contribution in [-0.2, 0) is 12.0 Å². The highest BCUT2D eigenvalue weighted by Gasteiger charge is 2.26. The molecule has 2 heterocycles. The molecule has 4 rings (SSSR count). The Morgan fingerprint density at radius 1 is 1.10 bits per heavy atom. The minimum atomic E-state index is -0.550. The second-order valence-corrected chi connectivity index (χ2v) is 8.92. The highest BCUT2D eigenvalue weighted by atomic mass is 35.5. The number of fused-ring (bicyclic) bond motifs is 2. The van der Waals surface area contributed by atoms with E-state index < -0.39 is 11.8 Å². The van der Waals surface area contributed by atoms with Gasteiger partial charge in [0, 0.05) is 35.3 Å². The molecule has 152 valence electrons. The Morgan fingerprint density at radius 2 is 1.83 bits per heavy atom. The van der Waals surface area contributed by atoms with Gasteiger partial charge in [0.05, 0.1) is 16.6 Å². The lowest BCUT2D eigenvalue weighted by Crippen LogP contribution is -2.18. The molecule has 5 nitrogen and oxygen atoms in total. The molecule has 0 fully saturated rings. The van der Waals surface area contributed by atoms with Crippen LogP contribution in [0.3, 0.4) is 0 Å². The molecule has 4 aromatic rings. The van der Waals surface area contributed by atoms with Crippen molar-refractivity contribution in [1.29, 1.82) is 0 Å². The summed E-state index contributed by atoms with van der Waals surface area (Å²) < 4.78 is 28.8. The molecular weight excluding hydrogens is 419 g/mol. The number of nitrogens with zero attached hydrogens (tertiary/aromatic N) is 3. The average molecular weight is 438 g/mol. The first-order chi connectivity index (χ1) is 13.6. The number of hydrogen-bond acceptors (Lipinski definition) is 3. The van der Waals surface area contributed by atoms with Crippen LogP contribution in [0, 0.1) is 11.8 Å². The maximum atomic E-state index is 14.6. The average Bonchev–Trinajstić information content (AvgIpc) is 3.25. The van der Waals surface area contributed by atoms with Crippen LogP contribution < -0.4 is 4.90 Å². The Hall–Kier alpha value is -2.38. The van der Waals surface area contributed by atoms with Gasteiger partial charge < -0.3 is 4.90 Å². The van der Waals surface area contributed by atoms with E-state index in [4.69, 9.17) is 23.2 Å². The van der Waals surface area contributed by atoms with Crippen molar-refractivity contribution in [2.45, 2.75) is 32.7 Å². The third-order valence-corrected chi connectivity index (χ3v) is 5.57. The minimum absolute atomic E-state index is 0.0133. The Labute approximate surface area is 176 Å². The molecule has 0 saturated carbocycles. The largest absolute Gasteiger partial charge is 0.370 e. The lowest BCUT2D eigenvalue weighted by molar-refractivity contribution is 0.571. The molecule has 0 unspecified atom stereocenters. The van der Waals surface area contributed by atoms with Crippen molar-refractivity contribution in [2.24, 2.45) is 0 Å². The lowest BCUT2D eigenvalue weighted by Gasteiger charge is -2.25. The highest BCUT2D eigenvalue weighted by molar-refractivity contribution is 6.33. The number of aromatic amines is 2. The number of H-pyrrole nitrogens is 2. The molecule has 0 amide bonds. The van der Waals surface area contributed by atoms with Gasteiger partial charge in [0.1, 0.15) is 11.0 Å². The first-order valence-electron chi connectivity index (χ1n) is 8.97. The minimum Gasteiger partial charge on any atom is -0.370 e. The highest BCUT2D eigenvalue weighted by Crippen LogP contribution is 2.39. The predicted molar refractivity (Wildman–Crippen MR) is 113 cm³/mol. The summed E-state index contributed by atoms with van der Waals surface area (Å²) in [4.78, 5) is 1.87. The van der Waals surface area contributed by atoms with Crippen LogP contribution in [0.15, 0.2) is 18.3 Å². The normalized spacial score (nSPS) is 12.3. The number of hydrogen-bond donors (Lipinski definition) is 2. The van der Waals surface area contributed by atoms with Crippen LogP contribution >= 0.6 is 23.2 Å². The summed E-state index contributed by atoms with van der Waals surface area (Å²) in [7, 11) is 1.83. The van der Waals surface area contributed by atoms with Crippen molar-refractivity contribution < 1.29 is 8.78 Å². The van der Waals surface area contributed by atoms with Crippen LogP contribution in [0.1, 0.15) is 31.9 Å². The van der Waals surface area contributed by atoms with Crippen LogP contribution in [0.25, 0.3) is 21.8 Å². The van der Waals surface area contributed by atoms with Gasteiger partial charge in [-0.2, -0.15) is 14.6 Å². The summed E-state index contributed by atoms with van der Waals surface area (Å²) in [6.07, 6.45) is 1.54. The topological polar surface area (TPSA) is 60.6 Å². The summed E-state index contributed by atoms with van der Waals surface area (Å²) in [5.74, 6) is -1.07. The van der Waals surface area contributed by atoms with E-state index in [-0.39, 0.29) is 16.0 Å². The molecule has 29 heavy (non-hydrogen) atoms. The Balaban J connectivity index is 1.84. The second-order valence-electron chi connectivity index (χ2n) is 8.11. The van der Waals surface area contributed by atoms with Crippen molar-refractivity contribution in [3.63, 3.8) is 0 Å². The van der Waals surface area contributed by atoms with Crippen LogP contribution in [-0.4, -0.2) is 27.4 Å². The fraction of sp³-hybridized carbons (Fsp3) is 0.300. The van der Waals surface area contributed by atoms with Gasteiger partial charge in [-0.05, 0) is 23.1 Å². The van der Waals surface area contributed by atoms with Gasteiger partial charge >= 0.3 is 0 Å². The zero-order chi connectivity index (χ0) is 21.1. The van der Waals surface area contributed by atoms with E-state index in [9.17, 15) is 8.78 Å². The van der Waals surface area contributed by atoms with E-state index in [1.807, 2.05) is 32.7 Å².